The predicted molar refractivity (Wildman–Crippen MR) is 95.8 cm³/mol. The average molecular weight is 403 g/mol. The molecule has 0 spiro atoms. The second-order valence-electron chi connectivity index (χ2n) is 4.63. The monoisotopic (exact) mass is 401 g/mol. The number of nitro benzene ring substituents is 1. The number of carbonyl (C=O) groups is 1. The lowest BCUT2D eigenvalue weighted by atomic mass is 10.2. The second kappa shape index (κ2) is 8.66. The normalized spacial score (nSPS) is 10.7. The van der Waals surface area contributed by atoms with E-state index in [1.807, 2.05) is 0 Å². The minimum atomic E-state index is -0.552. The molecule has 0 saturated carbocycles. The van der Waals surface area contributed by atoms with Gasteiger partial charge in [-0.25, -0.2) is 5.43 Å². The van der Waals surface area contributed by atoms with Crippen molar-refractivity contribution in [2.24, 2.45) is 5.10 Å². The summed E-state index contributed by atoms with van der Waals surface area (Å²) in [7, 11) is 0. The van der Waals surface area contributed by atoms with Gasteiger partial charge in [0.25, 0.3) is 11.6 Å². The molecular weight excluding hydrogens is 393 g/mol. The Balaban J connectivity index is 1.90. The molecule has 130 valence electrons. The molecule has 0 saturated heterocycles. The topological polar surface area (TPSA) is 93.8 Å². The summed E-state index contributed by atoms with van der Waals surface area (Å²) in [5.74, 6) is -0.349. The molecule has 0 aromatic heterocycles. The van der Waals surface area contributed by atoms with E-state index in [1.54, 1.807) is 6.07 Å². The first-order valence-electron chi connectivity index (χ1n) is 6.70. The maximum absolute atomic E-state index is 11.7. The maximum Gasteiger partial charge on any atom is 0.277 e. The maximum atomic E-state index is 11.7. The summed E-state index contributed by atoms with van der Waals surface area (Å²) in [6, 6.07) is 8.59. The number of rotatable bonds is 6. The number of nitrogens with one attached hydrogen (secondary N) is 1. The number of nitro groups is 1. The smallest absolute Gasteiger partial charge is 0.277 e. The van der Waals surface area contributed by atoms with Crippen molar-refractivity contribution in [3.63, 3.8) is 0 Å². The molecular formula is C15H10Cl3N3O4. The van der Waals surface area contributed by atoms with E-state index in [4.69, 9.17) is 39.5 Å². The van der Waals surface area contributed by atoms with E-state index >= 15 is 0 Å². The van der Waals surface area contributed by atoms with Gasteiger partial charge in [-0.1, -0.05) is 46.9 Å². The highest BCUT2D eigenvalue weighted by atomic mass is 35.5. The zero-order valence-corrected chi connectivity index (χ0v) is 14.7. The van der Waals surface area contributed by atoms with Gasteiger partial charge in [0, 0.05) is 23.8 Å². The van der Waals surface area contributed by atoms with Crippen molar-refractivity contribution in [3.8, 4) is 5.75 Å². The summed E-state index contributed by atoms with van der Waals surface area (Å²) in [5, 5.41) is 15.1. The minimum absolute atomic E-state index is 0.0760. The standard InChI is InChI=1S/C15H10Cl3N3O4/c16-11-5-13(18)14(6-12(11)17)25-8-15(22)20-19-7-9-2-1-3-10(4-9)21(23)24/h1-7H,8H2,(H,20,22)/b19-7+. The van der Waals surface area contributed by atoms with Crippen molar-refractivity contribution in [2.75, 3.05) is 6.61 Å². The van der Waals surface area contributed by atoms with E-state index in [0.29, 0.717) is 5.56 Å². The van der Waals surface area contributed by atoms with Gasteiger partial charge in [0.05, 0.1) is 26.2 Å². The second-order valence-corrected chi connectivity index (χ2v) is 5.85. The van der Waals surface area contributed by atoms with Gasteiger partial charge >= 0.3 is 0 Å². The van der Waals surface area contributed by atoms with Crippen molar-refractivity contribution >= 4 is 52.6 Å². The van der Waals surface area contributed by atoms with Gasteiger partial charge in [-0.15, -0.1) is 0 Å². The van der Waals surface area contributed by atoms with Gasteiger partial charge in [0.2, 0.25) is 0 Å². The molecule has 2 rings (SSSR count). The number of hydrogen-bond donors (Lipinski definition) is 1. The number of non-ortho nitro benzene ring substituents is 1. The van der Waals surface area contributed by atoms with Crippen LogP contribution >= 0.6 is 34.8 Å². The zero-order chi connectivity index (χ0) is 18.4. The summed E-state index contributed by atoms with van der Waals surface area (Å²) >= 11 is 17.6. The lowest BCUT2D eigenvalue weighted by Gasteiger charge is -2.08. The van der Waals surface area contributed by atoms with Crippen molar-refractivity contribution in [1.29, 1.82) is 0 Å². The van der Waals surface area contributed by atoms with Gasteiger partial charge in [0.1, 0.15) is 5.75 Å². The summed E-state index contributed by atoms with van der Waals surface area (Å²) in [6.45, 7) is -0.357. The molecule has 0 heterocycles. The first-order valence-corrected chi connectivity index (χ1v) is 7.84. The van der Waals surface area contributed by atoms with Gasteiger partial charge < -0.3 is 4.74 Å². The number of halogens is 3. The number of nitrogens with zero attached hydrogens (tertiary/aromatic N) is 2. The molecule has 10 heteroatoms. The third kappa shape index (κ3) is 5.60. The van der Waals surface area contributed by atoms with Crippen LogP contribution in [0.3, 0.4) is 0 Å². The van der Waals surface area contributed by atoms with Crippen LogP contribution in [-0.4, -0.2) is 23.7 Å². The number of ether oxygens (including phenoxy) is 1. The van der Waals surface area contributed by atoms with Crippen LogP contribution in [0, 0.1) is 10.1 Å². The Bertz CT molecular complexity index is 843. The van der Waals surface area contributed by atoms with Crippen LogP contribution in [-0.2, 0) is 4.79 Å². The molecule has 0 fully saturated rings. The summed E-state index contributed by atoms with van der Waals surface area (Å²) in [6.07, 6.45) is 1.27. The average Bonchev–Trinajstić information content (AvgIpc) is 2.57. The number of carbonyl (C=O) groups excluding carboxylic acids is 1. The first kappa shape index (κ1) is 19.0. The van der Waals surface area contributed by atoms with Gasteiger partial charge in [-0.05, 0) is 6.07 Å². The molecule has 0 radical (unpaired) electrons. The van der Waals surface area contributed by atoms with E-state index < -0.39 is 10.8 Å². The highest BCUT2D eigenvalue weighted by Crippen LogP contribution is 2.33. The molecule has 0 unspecified atom stereocenters. The SMILES string of the molecule is O=C(COc1cc(Cl)c(Cl)cc1Cl)N/N=C/c1cccc([N+](=O)[O-])c1. The highest BCUT2D eigenvalue weighted by Gasteiger charge is 2.09. The van der Waals surface area contributed by atoms with Crippen molar-refractivity contribution < 1.29 is 14.5 Å². The lowest BCUT2D eigenvalue weighted by molar-refractivity contribution is -0.384. The van der Waals surface area contributed by atoms with Crippen LogP contribution in [0.5, 0.6) is 5.75 Å². The zero-order valence-electron chi connectivity index (χ0n) is 12.4. The molecule has 0 aliphatic rings. The fraction of sp³-hybridized carbons (Fsp3) is 0.0667. The van der Waals surface area contributed by atoms with E-state index in [-0.39, 0.29) is 33.1 Å². The molecule has 1 amide bonds. The quantitative estimate of drug-likeness (QED) is 0.341. The Morgan fingerprint density at radius 2 is 1.92 bits per heavy atom. The molecule has 2 aromatic carbocycles. The van der Waals surface area contributed by atoms with Crippen LogP contribution < -0.4 is 10.2 Å². The third-order valence-corrected chi connectivity index (χ3v) is 3.83. The Morgan fingerprint density at radius 1 is 1.20 bits per heavy atom. The molecule has 0 bridgehead atoms. The van der Waals surface area contributed by atoms with E-state index in [9.17, 15) is 14.9 Å². The summed E-state index contributed by atoms with van der Waals surface area (Å²) < 4.78 is 5.24. The van der Waals surface area contributed by atoms with Crippen molar-refractivity contribution in [2.45, 2.75) is 0 Å². The largest absolute Gasteiger partial charge is 0.482 e. The number of hydrazone groups is 1. The highest BCUT2D eigenvalue weighted by molar-refractivity contribution is 6.43. The lowest BCUT2D eigenvalue weighted by Crippen LogP contribution is -2.24. The van der Waals surface area contributed by atoms with Crippen molar-refractivity contribution in [3.05, 3.63) is 67.1 Å². The summed E-state index contributed by atoms with van der Waals surface area (Å²) in [5.41, 5.74) is 2.61. The Hall–Kier alpha value is -2.35. The Labute approximate surface area is 157 Å². The molecule has 2 aromatic rings. The van der Waals surface area contributed by atoms with Crippen molar-refractivity contribution in [1.82, 2.24) is 5.43 Å². The molecule has 1 N–H and O–H groups in total. The third-order valence-electron chi connectivity index (χ3n) is 2.82. The number of hydrogen-bond acceptors (Lipinski definition) is 5. The molecule has 0 aliphatic heterocycles. The Morgan fingerprint density at radius 3 is 2.64 bits per heavy atom. The van der Waals surface area contributed by atoms with Crippen LogP contribution in [0.4, 0.5) is 5.69 Å². The predicted octanol–water partition coefficient (Wildman–Crippen LogP) is 4.08. The molecule has 0 atom stereocenters. The van der Waals surface area contributed by atoms with Gasteiger partial charge in [-0.2, -0.15) is 5.10 Å². The summed E-state index contributed by atoms with van der Waals surface area (Å²) in [4.78, 5) is 21.8. The number of amides is 1. The van der Waals surface area contributed by atoms with E-state index in [1.165, 1.54) is 36.5 Å². The molecule has 25 heavy (non-hydrogen) atoms. The molecule has 7 nitrogen and oxygen atoms in total. The van der Waals surface area contributed by atoms with Crippen LogP contribution in [0.15, 0.2) is 41.5 Å². The van der Waals surface area contributed by atoms with Gasteiger partial charge in [0.15, 0.2) is 6.61 Å². The minimum Gasteiger partial charge on any atom is -0.482 e. The van der Waals surface area contributed by atoms with Crippen LogP contribution in [0.25, 0.3) is 0 Å². The van der Waals surface area contributed by atoms with E-state index in [2.05, 4.69) is 10.5 Å². The van der Waals surface area contributed by atoms with Crippen LogP contribution in [0.2, 0.25) is 15.1 Å². The van der Waals surface area contributed by atoms with Crippen LogP contribution in [0.1, 0.15) is 5.56 Å². The van der Waals surface area contributed by atoms with Gasteiger partial charge in [-0.3, -0.25) is 14.9 Å². The Kier molecular flexibility index (Phi) is 6.58. The first-order chi connectivity index (χ1) is 11.9. The molecule has 0 aliphatic carbocycles. The number of benzene rings is 2. The fourth-order valence-electron chi connectivity index (χ4n) is 1.69. The van der Waals surface area contributed by atoms with E-state index in [0.717, 1.165) is 0 Å². The fourth-order valence-corrected chi connectivity index (χ4v) is 2.28.